The summed E-state index contributed by atoms with van der Waals surface area (Å²) in [5, 5.41) is 6.62. The monoisotopic (exact) mass is 294 g/mol. The highest BCUT2D eigenvalue weighted by Gasteiger charge is 2.45. The Balaban J connectivity index is 1.90. The molecule has 2 aliphatic rings. The standard InChI is InChI=1S/C13H15BrN2O/c14-10-6-2-1-5-9(10)11-12(17)16-13(15-11)7-3-4-8-13/h1-2,5-6,11,15H,3-4,7-8H2,(H,16,17)/t11-/m0/s1. The van der Waals surface area contributed by atoms with Gasteiger partial charge >= 0.3 is 0 Å². The number of carbonyl (C=O) groups is 1. The van der Waals surface area contributed by atoms with Crippen molar-refractivity contribution in [2.75, 3.05) is 0 Å². The summed E-state index contributed by atoms with van der Waals surface area (Å²) in [7, 11) is 0. The molecule has 2 fully saturated rings. The van der Waals surface area contributed by atoms with Crippen molar-refractivity contribution in [1.29, 1.82) is 0 Å². The molecule has 1 atom stereocenters. The third-order valence-corrected chi connectivity index (χ3v) is 4.44. The summed E-state index contributed by atoms with van der Waals surface area (Å²) >= 11 is 3.51. The number of hydrogen-bond acceptors (Lipinski definition) is 2. The molecule has 1 aromatic carbocycles. The van der Waals surface area contributed by atoms with Gasteiger partial charge in [0.05, 0.1) is 5.66 Å². The fourth-order valence-electron chi connectivity index (χ4n) is 2.86. The molecule has 1 aromatic rings. The molecular weight excluding hydrogens is 280 g/mol. The fraction of sp³-hybridized carbons (Fsp3) is 0.462. The molecule has 0 unspecified atom stereocenters. The third-order valence-electron chi connectivity index (χ3n) is 3.72. The van der Waals surface area contributed by atoms with Crippen molar-refractivity contribution in [2.45, 2.75) is 37.4 Å². The second-order valence-electron chi connectivity index (χ2n) is 4.88. The molecule has 0 bridgehead atoms. The lowest BCUT2D eigenvalue weighted by atomic mass is 10.1. The van der Waals surface area contributed by atoms with Crippen molar-refractivity contribution in [3.05, 3.63) is 34.3 Å². The Kier molecular flexibility index (Phi) is 2.71. The van der Waals surface area contributed by atoms with Gasteiger partial charge in [-0.1, -0.05) is 34.1 Å². The van der Waals surface area contributed by atoms with Crippen molar-refractivity contribution in [1.82, 2.24) is 10.6 Å². The van der Waals surface area contributed by atoms with Crippen LogP contribution < -0.4 is 10.6 Å². The van der Waals surface area contributed by atoms with Crippen LogP contribution in [0.2, 0.25) is 0 Å². The van der Waals surface area contributed by atoms with Crippen molar-refractivity contribution in [3.63, 3.8) is 0 Å². The predicted octanol–water partition coefficient (Wildman–Crippen LogP) is 2.48. The van der Waals surface area contributed by atoms with E-state index < -0.39 is 0 Å². The zero-order chi connectivity index (χ0) is 11.9. The molecule has 0 aromatic heterocycles. The summed E-state index contributed by atoms with van der Waals surface area (Å²) in [5.74, 6) is 0.0961. The molecule has 90 valence electrons. The molecule has 1 saturated carbocycles. The van der Waals surface area contributed by atoms with Gasteiger partial charge in [-0.3, -0.25) is 10.1 Å². The summed E-state index contributed by atoms with van der Waals surface area (Å²) in [4.78, 5) is 12.1. The first-order chi connectivity index (χ1) is 8.20. The SMILES string of the molecule is O=C1NC2(CCCC2)N[C@H]1c1ccccc1Br. The fourth-order valence-corrected chi connectivity index (χ4v) is 3.38. The summed E-state index contributed by atoms with van der Waals surface area (Å²) in [6, 6.07) is 7.68. The van der Waals surface area contributed by atoms with Gasteiger partial charge in [0, 0.05) is 4.47 Å². The Morgan fingerprint density at radius 2 is 1.94 bits per heavy atom. The maximum Gasteiger partial charge on any atom is 0.243 e. The van der Waals surface area contributed by atoms with Crippen molar-refractivity contribution in [2.24, 2.45) is 0 Å². The average Bonchev–Trinajstić information content (AvgIpc) is 2.88. The highest BCUT2D eigenvalue weighted by molar-refractivity contribution is 9.10. The minimum Gasteiger partial charge on any atom is -0.336 e. The van der Waals surface area contributed by atoms with E-state index in [0.717, 1.165) is 22.9 Å². The van der Waals surface area contributed by atoms with E-state index in [1.165, 1.54) is 12.8 Å². The largest absolute Gasteiger partial charge is 0.336 e. The molecule has 1 saturated heterocycles. The Hall–Kier alpha value is -0.870. The first kappa shape index (κ1) is 11.2. The normalized spacial score (nSPS) is 26.4. The zero-order valence-corrected chi connectivity index (χ0v) is 11.1. The van der Waals surface area contributed by atoms with Crippen molar-refractivity contribution >= 4 is 21.8 Å². The minimum atomic E-state index is -0.219. The van der Waals surface area contributed by atoms with Crippen LogP contribution in [0.25, 0.3) is 0 Å². The third kappa shape index (κ3) is 1.89. The number of hydrogen-bond donors (Lipinski definition) is 2. The molecule has 1 heterocycles. The molecule has 0 radical (unpaired) electrons. The Morgan fingerprint density at radius 3 is 2.65 bits per heavy atom. The van der Waals surface area contributed by atoms with E-state index in [9.17, 15) is 4.79 Å². The van der Waals surface area contributed by atoms with E-state index >= 15 is 0 Å². The van der Waals surface area contributed by atoms with Crippen LogP contribution in [0, 0.1) is 0 Å². The zero-order valence-electron chi connectivity index (χ0n) is 9.50. The van der Waals surface area contributed by atoms with E-state index in [1.54, 1.807) is 0 Å². The molecule has 1 spiro atoms. The Morgan fingerprint density at radius 1 is 1.24 bits per heavy atom. The molecule has 3 nitrogen and oxygen atoms in total. The predicted molar refractivity (Wildman–Crippen MR) is 69.4 cm³/mol. The summed E-state index contributed by atoms with van der Waals surface area (Å²) in [6.45, 7) is 0. The van der Waals surface area contributed by atoms with Gasteiger partial charge in [0.2, 0.25) is 5.91 Å². The van der Waals surface area contributed by atoms with E-state index in [2.05, 4.69) is 26.6 Å². The van der Waals surface area contributed by atoms with Gasteiger partial charge in [-0.2, -0.15) is 0 Å². The van der Waals surface area contributed by atoms with Crippen LogP contribution >= 0.6 is 15.9 Å². The van der Waals surface area contributed by atoms with Gasteiger partial charge < -0.3 is 5.32 Å². The molecule has 1 aliphatic heterocycles. The molecule has 2 N–H and O–H groups in total. The van der Waals surface area contributed by atoms with Gasteiger partial charge in [-0.15, -0.1) is 0 Å². The molecule has 17 heavy (non-hydrogen) atoms. The first-order valence-electron chi connectivity index (χ1n) is 6.04. The van der Waals surface area contributed by atoms with E-state index in [1.807, 2.05) is 24.3 Å². The first-order valence-corrected chi connectivity index (χ1v) is 6.84. The number of nitrogens with one attached hydrogen (secondary N) is 2. The molecule has 1 amide bonds. The molecule has 4 heteroatoms. The number of benzene rings is 1. The van der Waals surface area contributed by atoms with E-state index in [-0.39, 0.29) is 17.6 Å². The number of rotatable bonds is 1. The van der Waals surface area contributed by atoms with Gasteiger partial charge in [-0.05, 0) is 37.3 Å². The van der Waals surface area contributed by atoms with Gasteiger partial charge in [-0.25, -0.2) is 0 Å². The van der Waals surface area contributed by atoms with Gasteiger partial charge in [0.15, 0.2) is 0 Å². The number of amides is 1. The van der Waals surface area contributed by atoms with Crippen LogP contribution in [0.3, 0.4) is 0 Å². The summed E-state index contributed by atoms with van der Waals surface area (Å²) in [6.07, 6.45) is 4.46. The molecule has 1 aliphatic carbocycles. The number of carbonyl (C=O) groups excluding carboxylic acids is 1. The summed E-state index contributed by atoms with van der Waals surface area (Å²) in [5.41, 5.74) is 0.880. The van der Waals surface area contributed by atoms with Crippen LogP contribution in [0.15, 0.2) is 28.7 Å². The van der Waals surface area contributed by atoms with Crippen LogP contribution in [0.4, 0.5) is 0 Å². The van der Waals surface area contributed by atoms with Gasteiger partial charge in [0.1, 0.15) is 6.04 Å². The maximum atomic E-state index is 12.1. The van der Waals surface area contributed by atoms with E-state index in [4.69, 9.17) is 0 Å². The summed E-state index contributed by atoms with van der Waals surface area (Å²) < 4.78 is 0.989. The lowest BCUT2D eigenvalue weighted by molar-refractivity contribution is -0.121. The lowest BCUT2D eigenvalue weighted by Crippen LogP contribution is -2.46. The topological polar surface area (TPSA) is 41.1 Å². The highest BCUT2D eigenvalue weighted by atomic mass is 79.9. The smallest absolute Gasteiger partial charge is 0.243 e. The van der Waals surface area contributed by atoms with Crippen LogP contribution in [-0.2, 0) is 4.79 Å². The minimum absolute atomic E-state index is 0.0961. The van der Waals surface area contributed by atoms with Crippen LogP contribution in [0.1, 0.15) is 37.3 Å². The Bertz CT molecular complexity index is 454. The van der Waals surface area contributed by atoms with E-state index in [0.29, 0.717) is 0 Å². The van der Waals surface area contributed by atoms with Gasteiger partial charge in [0.25, 0.3) is 0 Å². The van der Waals surface area contributed by atoms with Crippen molar-refractivity contribution < 1.29 is 4.79 Å². The van der Waals surface area contributed by atoms with Crippen LogP contribution in [-0.4, -0.2) is 11.6 Å². The maximum absolute atomic E-state index is 12.1. The van der Waals surface area contributed by atoms with Crippen molar-refractivity contribution in [3.8, 4) is 0 Å². The second-order valence-corrected chi connectivity index (χ2v) is 5.73. The quantitative estimate of drug-likeness (QED) is 0.835. The molecular formula is C13H15BrN2O. The lowest BCUT2D eigenvalue weighted by Gasteiger charge is -2.23. The Labute approximate surface area is 109 Å². The molecule has 3 rings (SSSR count). The second kappa shape index (κ2) is 4.10. The average molecular weight is 295 g/mol. The van der Waals surface area contributed by atoms with Crippen LogP contribution in [0.5, 0.6) is 0 Å². The highest BCUT2D eigenvalue weighted by Crippen LogP contribution is 2.36. The number of halogens is 1.